The average molecular weight is 436 g/mol. The van der Waals surface area contributed by atoms with Gasteiger partial charge in [-0.25, -0.2) is 4.98 Å². The molecule has 30 heavy (non-hydrogen) atoms. The van der Waals surface area contributed by atoms with Crippen molar-refractivity contribution >= 4 is 32.9 Å². The van der Waals surface area contributed by atoms with Gasteiger partial charge in [0.2, 0.25) is 0 Å². The Kier molecular flexibility index (Phi) is 5.31. The molecule has 0 amide bonds. The number of rotatable bonds is 4. The van der Waals surface area contributed by atoms with Crippen LogP contribution in [0.2, 0.25) is 0 Å². The Labute approximate surface area is 184 Å². The van der Waals surface area contributed by atoms with Gasteiger partial charge in [0.05, 0.1) is 5.39 Å². The number of hydrogen-bond acceptors (Lipinski definition) is 5. The summed E-state index contributed by atoms with van der Waals surface area (Å²) in [5.41, 5.74) is 2.23. The molecule has 1 aromatic carbocycles. The van der Waals surface area contributed by atoms with E-state index < -0.39 is 0 Å². The van der Waals surface area contributed by atoms with E-state index in [2.05, 4.69) is 48.5 Å². The van der Waals surface area contributed by atoms with Crippen LogP contribution in [-0.4, -0.2) is 34.6 Å². The lowest BCUT2D eigenvalue weighted by atomic mass is 10.0. The molecule has 1 fully saturated rings. The molecule has 0 N–H and O–H groups in total. The molecule has 1 aliphatic heterocycles. The second kappa shape index (κ2) is 8.10. The minimum atomic E-state index is 0.118. The maximum Gasteiger partial charge on any atom is 0.263 e. The normalized spacial score (nSPS) is 15.8. The van der Waals surface area contributed by atoms with E-state index in [0.29, 0.717) is 0 Å². The van der Waals surface area contributed by atoms with Gasteiger partial charge in [-0.3, -0.25) is 9.36 Å². The molecule has 1 saturated heterocycles. The molecule has 3 aromatic heterocycles. The molecule has 4 aromatic rings. The van der Waals surface area contributed by atoms with Gasteiger partial charge in [-0.05, 0) is 50.8 Å². The van der Waals surface area contributed by atoms with Crippen LogP contribution in [0.15, 0.2) is 52.6 Å². The van der Waals surface area contributed by atoms with Crippen LogP contribution in [0, 0.1) is 0 Å². The highest BCUT2D eigenvalue weighted by Gasteiger charge is 2.27. The predicted molar refractivity (Wildman–Crippen MR) is 128 cm³/mol. The smallest absolute Gasteiger partial charge is 0.263 e. The van der Waals surface area contributed by atoms with E-state index in [4.69, 9.17) is 4.98 Å². The van der Waals surface area contributed by atoms with Crippen molar-refractivity contribution in [2.45, 2.75) is 32.2 Å². The quantitative estimate of drug-likeness (QED) is 0.414. The van der Waals surface area contributed by atoms with E-state index in [-0.39, 0.29) is 11.6 Å². The van der Waals surface area contributed by atoms with Crippen molar-refractivity contribution in [1.29, 1.82) is 0 Å². The standard InChI is InChI=1S/C24H25N3OS2/c1-3-18-20(19-10-7-15-29-19)21-23(30-18)25-22(16-8-5-4-6-9-16)27(24(21)28)17-11-13-26(2)14-12-17/h4-10,15,17H,3,11-14H2,1-2H3. The van der Waals surface area contributed by atoms with Crippen molar-refractivity contribution in [3.8, 4) is 21.8 Å². The summed E-state index contributed by atoms with van der Waals surface area (Å²) in [6, 6.07) is 14.5. The molecule has 0 aliphatic carbocycles. The zero-order valence-electron chi connectivity index (χ0n) is 17.3. The Balaban J connectivity index is 1.81. The third-order valence-corrected chi connectivity index (χ3v) is 8.12. The fraction of sp³-hybridized carbons (Fsp3) is 0.333. The molecule has 5 rings (SSSR count). The molecular formula is C24H25N3OS2. The second-order valence-electron chi connectivity index (χ2n) is 7.92. The van der Waals surface area contributed by atoms with E-state index in [0.717, 1.165) is 59.5 Å². The van der Waals surface area contributed by atoms with E-state index >= 15 is 0 Å². The van der Waals surface area contributed by atoms with Gasteiger partial charge in [-0.15, -0.1) is 22.7 Å². The first kappa shape index (κ1) is 19.7. The molecular weight excluding hydrogens is 410 g/mol. The summed E-state index contributed by atoms with van der Waals surface area (Å²) in [6.07, 6.45) is 2.85. The minimum absolute atomic E-state index is 0.118. The van der Waals surface area contributed by atoms with E-state index in [9.17, 15) is 4.79 Å². The van der Waals surface area contributed by atoms with Crippen LogP contribution in [0.25, 0.3) is 32.0 Å². The van der Waals surface area contributed by atoms with Gasteiger partial charge in [0.25, 0.3) is 5.56 Å². The number of aryl methyl sites for hydroxylation is 1. The van der Waals surface area contributed by atoms with Crippen molar-refractivity contribution in [1.82, 2.24) is 14.5 Å². The lowest BCUT2D eigenvalue weighted by Crippen LogP contribution is -2.36. The highest BCUT2D eigenvalue weighted by molar-refractivity contribution is 7.20. The molecule has 6 heteroatoms. The van der Waals surface area contributed by atoms with E-state index in [1.807, 2.05) is 22.8 Å². The van der Waals surface area contributed by atoms with Crippen molar-refractivity contribution in [2.75, 3.05) is 20.1 Å². The molecule has 1 aliphatic rings. The zero-order chi connectivity index (χ0) is 20.7. The van der Waals surface area contributed by atoms with Crippen LogP contribution in [0.1, 0.15) is 30.7 Å². The Morgan fingerprint density at radius 3 is 2.53 bits per heavy atom. The maximum absolute atomic E-state index is 14.1. The topological polar surface area (TPSA) is 38.1 Å². The van der Waals surface area contributed by atoms with Crippen molar-refractivity contribution in [2.24, 2.45) is 0 Å². The molecule has 0 radical (unpaired) electrons. The van der Waals surface area contributed by atoms with Crippen molar-refractivity contribution in [3.63, 3.8) is 0 Å². The summed E-state index contributed by atoms with van der Waals surface area (Å²) in [5, 5.41) is 2.89. The fourth-order valence-corrected chi connectivity index (χ4v) is 6.41. The Hall–Kier alpha value is -2.28. The van der Waals surface area contributed by atoms with Crippen molar-refractivity contribution < 1.29 is 0 Å². The second-order valence-corrected chi connectivity index (χ2v) is 9.95. The molecule has 4 nitrogen and oxygen atoms in total. The molecule has 0 unspecified atom stereocenters. The zero-order valence-corrected chi connectivity index (χ0v) is 18.9. The number of likely N-dealkylation sites (tertiary alicyclic amines) is 1. The fourth-order valence-electron chi connectivity index (χ4n) is 4.42. The summed E-state index contributed by atoms with van der Waals surface area (Å²) in [6.45, 7) is 4.17. The van der Waals surface area contributed by atoms with Gasteiger partial charge in [0, 0.05) is 26.9 Å². The van der Waals surface area contributed by atoms with Crippen LogP contribution in [-0.2, 0) is 6.42 Å². The number of aromatic nitrogens is 2. The highest BCUT2D eigenvalue weighted by Crippen LogP contribution is 2.40. The Morgan fingerprint density at radius 1 is 1.10 bits per heavy atom. The number of nitrogens with zero attached hydrogens (tertiary/aromatic N) is 3. The molecule has 0 atom stereocenters. The van der Waals surface area contributed by atoms with Gasteiger partial charge in [0.15, 0.2) is 0 Å². The first-order chi connectivity index (χ1) is 14.7. The van der Waals surface area contributed by atoms with Crippen LogP contribution in [0.5, 0.6) is 0 Å². The first-order valence-corrected chi connectivity index (χ1v) is 12.2. The minimum Gasteiger partial charge on any atom is -0.306 e. The number of benzene rings is 1. The van der Waals surface area contributed by atoms with Crippen LogP contribution < -0.4 is 5.56 Å². The van der Waals surface area contributed by atoms with Crippen LogP contribution in [0.4, 0.5) is 0 Å². The summed E-state index contributed by atoms with van der Waals surface area (Å²) in [7, 11) is 2.15. The number of hydrogen-bond donors (Lipinski definition) is 0. The van der Waals surface area contributed by atoms with Gasteiger partial charge >= 0.3 is 0 Å². The Bertz CT molecular complexity index is 1220. The average Bonchev–Trinajstić information content (AvgIpc) is 3.42. The number of thiophene rings is 2. The molecule has 154 valence electrons. The van der Waals surface area contributed by atoms with Crippen molar-refractivity contribution in [3.05, 3.63) is 63.1 Å². The number of piperidine rings is 1. The monoisotopic (exact) mass is 435 g/mol. The van der Waals surface area contributed by atoms with E-state index in [1.165, 1.54) is 9.75 Å². The molecule has 0 spiro atoms. The predicted octanol–water partition coefficient (Wildman–Crippen LogP) is 5.68. The lowest BCUT2D eigenvalue weighted by Gasteiger charge is -2.31. The summed E-state index contributed by atoms with van der Waals surface area (Å²) in [4.78, 5) is 24.8. The third kappa shape index (κ3) is 3.33. The number of fused-ring (bicyclic) bond motifs is 1. The van der Waals surface area contributed by atoms with E-state index in [1.54, 1.807) is 22.7 Å². The molecule has 0 bridgehead atoms. The molecule has 4 heterocycles. The lowest BCUT2D eigenvalue weighted by molar-refractivity contribution is 0.219. The van der Waals surface area contributed by atoms with Gasteiger partial charge in [0.1, 0.15) is 10.7 Å². The van der Waals surface area contributed by atoms with Gasteiger partial charge < -0.3 is 4.90 Å². The summed E-state index contributed by atoms with van der Waals surface area (Å²) in [5.74, 6) is 0.810. The largest absolute Gasteiger partial charge is 0.306 e. The summed E-state index contributed by atoms with van der Waals surface area (Å²) >= 11 is 3.37. The SMILES string of the molecule is CCc1sc2nc(-c3ccccc3)n(C3CCN(C)CC3)c(=O)c2c1-c1cccs1. The van der Waals surface area contributed by atoms with Crippen LogP contribution in [0.3, 0.4) is 0 Å². The third-order valence-electron chi connectivity index (χ3n) is 6.00. The van der Waals surface area contributed by atoms with Gasteiger partial charge in [-0.2, -0.15) is 0 Å². The van der Waals surface area contributed by atoms with Crippen LogP contribution >= 0.6 is 22.7 Å². The highest BCUT2D eigenvalue weighted by atomic mass is 32.1. The van der Waals surface area contributed by atoms with Gasteiger partial charge in [-0.1, -0.05) is 43.3 Å². The Morgan fingerprint density at radius 2 is 1.87 bits per heavy atom. The summed E-state index contributed by atoms with van der Waals surface area (Å²) < 4.78 is 2.01. The molecule has 0 saturated carbocycles. The maximum atomic E-state index is 14.1. The first-order valence-electron chi connectivity index (χ1n) is 10.5.